The van der Waals surface area contributed by atoms with Crippen LogP contribution in [0.15, 0.2) is 192 Å². The SMILES string of the molecule is CC1(C)c2cc3ccccc3cc2N2c3c(cccc31)B1c3c(cc4c(oc5ccccc54)c32)-c2ccc(-c3ccccc3)cc2N1c1ccc(-c2ccccc2)cc1. The van der Waals surface area contributed by atoms with E-state index in [4.69, 9.17) is 4.42 Å². The van der Waals surface area contributed by atoms with Gasteiger partial charge in [-0.2, -0.15) is 0 Å². The summed E-state index contributed by atoms with van der Waals surface area (Å²) in [7, 11) is 0. The molecule has 13 rings (SSSR count). The van der Waals surface area contributed by atoms with Crippen LogP contribution in [-0.4, -0.2) is 6.85 Å². The summed E-state index contributed by atoms with van der Waals surface area (Å²) in [6.07, 6.45) is 0. The Labute approximate surface area is 343 Å². The van der Waals surface area contributed by atoms with Gasteiger partial charge in [0.2, 0.25) is 0 Å². The van der Waals surface area contributed by atoms with E-state index in [1.54, 1.807) is 0 Å². The summed E-state index contributed by atoms with van der Waals surface area (Å²) in [6.45, 7) is 4.67. The third kappa shape index (κ3) is 4.49. The van der Waals surface area contributed by atoms with Crippen molar-refractivity contribution in [3.8, 4) is 33.4 Å². The fourth-order valence-corrected chi connectivity index (χ4v) is 10.6. The molecule has 0 saturated carbocycles. The van der Waals surface area contributed by atoms with Crippen molar-refractivity contribution < 1.29 is 4.42 Å². The van der Waals surface area contributed by atoms with Crippen molar-refractivity contribution in [3.05, 3.63) is 199 Å². The highest BCUT2D eigenvalue weighted by atomic mass is 16.3. The Morgan fingerprint density at radius 2 is 1.14 bits per heavy atom. The molecular weight excluding hydrogens is 715 g/mol. The van der Waals surface area contributed by atoms with E-state index in [0.29, 0.717) is 0 Å². The molecule has 4 heteroatoms. The quantitative estimate of drug-likeness (QED) is 0.168. The fourth-order valence-electron chi connectivity index (χ4n) is 10.6. The Kier molecular flexibility index (Phi) is 6.59. The Bertz CT molecular complexity index is 3370. The molecule has 59 heavy (non-hydrogen) atoms. The molecule has 1 aromatic heterocycles. The molecule has 0 aliphatic carbocycles. The normalized spacial score (nSPS) is 14.3. The van der Waals surface area contributed by atoms with Crippen LogP contribution in [0.3, 0.4) is 0 Å². The molecule has 3 aliphatic rings. The Balaban J connectivity index is 1.18. The van der Waals surface area contributed by atoms with Gasteiger partial charge in [-0.25, -0.2) is 0 Å². The van der Waals surface area contributed by atoms with Crippen LogP contribution in [0.2, 0.25) is 0 Å². The summed E-state index contributed by atoms with van der Waals surface area (Å²) >= 11 is 0. The van der Waals surface area contributed by atoms with E-state index in [-0.39, 0.29) is 12.3 Å². The highest BCUT2D eigenvalue weighted by Gasteiger charge is 2.50. The number of hydrogen-bond acceptors (Lipinski definition) is 3. The molecule has 3 nitrogen and oxygen atoms in total. The third-order valence-electron chi connectivity index (χ3n) is 13.4. The Morgan fingerprint density at radius 1 is 0.475 bits per heavy atom. The van der Waals surface area contributed by atoms with E-state index in [2.05, 4.69) is 212 Å². The molecule has 0 bridgehead atoms. The van der Waals surface area contributed by atoms with Crippen molar-refractivity contribution in [3.63, 3.8) is 0 Å². The van der Waals surface area contributed by atoms with Gasteiger partial charge >= 0.3 is 6.85 Å². The number of nitrogens with zero attached hydrogens (tertiary/aromatic N) is 2. The highest BCUT2D eigenvalue weighted by molar-refractivity contribution is 6.94. The standard InChI is InChI=1S/C55H37BN2O/c1-55(2)45-21-13-22-47-52(45)57(49-32-38-19-10-9-18-37(38)30-46(49)55)53-51-43(33-44-42-20-11-12-23-50(42)59-54(44)53)41-29-26-39(35-16-7-4-8-17-35)31-48(41)58(56(47)51)40-27-24-36(25-28-40)34-14-5-3-6-15-34/h3-33H,1-2H3. The zero-order valence-corrected chi connectivity index (χ0v) is 32.8. The van der Waals surface area contributed by atoms with E-state index in [9.17, 15) is 0 Å². The highest BCUT2D eigenvalue weighted by Crippen LogP contribution is 2.57. The van der Waals surface area contributed by atoms with Crippen molar-refractivity contribution in [2.45, 2.75) is 19.3 Å². The molecule has 3 aliphatic heterocycles. The molecule has 0 unspecified atom stereocenters. The first kappa shape index (κ1) is 32.8. The molecule has 0 saturated heterocycles. The van der Waals surface area contributed by atoms with Crippen molar-refractivity contribution in [2.24, 2.45) is 0 Å². The van der Waals surface area contributed by atoms with E-state index in [1.165, 1.54) is 83.3 Å². The van der Waals surface area contributed by atoms with Crippen LogP contribution in [0.25, 0.3) is 66.1 Å². The topological polar surface area (TPSA) is 19.6 Å². The average molecular weight is 753 g/mol. The minimum Gasteiger partial charge on any atom is -0.454 e. The van der Waals surface area contributed by atoms with E-state index in [0.717, 1.165) is 33.3 Å². The molecule has 0 amide bonds. The summed E-state index contributed by atoms with van der Waals surface area (Å²) in [5, 5.41) is 4.76. The number of rotatable bonds is 3. The summed E-state index contributed by atoms with van der Waals surface area (Å²) in [4.78, 5) is 5.20. The van der Waals surface area contributed by atoms with Gasteiger partial charge in [0.05, 0.1) is 11.4 Å². The molecule has 0 N–H and O–H groups in total. The van der Waals surface area contributed by atoms with Crippen molar-refractivity contribution in [1.82, 2.24) is 0 Å². The molecular formula is C55H37BN2O. The maximum atomic E-state index is 7.10. The molecule has 9 aromatic carbocycles. The molecule has 0 atom stereocenters. The van der Waals surface area contributed by atoms with Gasteiger partial charge in [0, 0.05) is 38.8 Å². The second kappa shape index (κ2) is 11.9. The molecule has 0 radical (unpaired) electrons. The smallest absolute Gasteiger partial charge is 0.333 e. The summed E-state index contributed by atoms with van der Waals surface area (Å²) in [6, 6.07) is 69.4. The lowest BCUT2D eigenvalue weighted by Crippen LogP contribution is -2.62. The lowest BCUT2D eigenvalue weighted by molar-refractivity contribution is 0.632. The zero-order valence-electron chi connectivity index (χ0n) is 32.8. The largest absolute Gasteiger partial charge is 0.454 e. The minimum atomic E-state index is -0.265. The van der Waals surface area contributed by atoms with Crippen LogP contribution < -0.4 is 20.6 Å². The van der Waals surface area contributed by atoms with Crippen LogP contribution in [-0.2, 0) is 5.41 Å². The molecule has 0 fully saturated rings. The molecule has 4 heterocycles. The first-order valence-corrected chi connectivity index (χ1v) is 20.6. The van der Waals surface area contributed by atoms with Crippen molar-refractivity contribution in [1.29, 1.82) is 0 Å². The maximum absolute atomic E-state index is 7.10. The first-order chi connectivity index (χ1) is 29.0. The number of anilines is 5. The predicted octanol–water partition coefficient (Wildman–Crippen LogP) is 13.4. The number of para-hydroxylation sites is 2. The predicted molar refractivity (Wildman–Crippen MR) is 248 cm³/mol. The second-order valence-corrected chi connectivity index (χ2v) is 16.9. The average Bonchev–Trinajstić information content (AvgIpc) is 3.67. The van der Waals surface area contributed by atoms with Gasteiger partial charge in [-0.05, 0) is 103 Å². The van der Waals surface area contributed by atoms with E-state index < -0.39 is 0 Å². The monoisotopic (exact) mass is 752 g/mol. The van der Waals surface area contributed by atoms with Gasteiger partial charge in [-0.3, -0.25) is 0 Å². The van der Waals surface area contributed by atoms with Crippen molar-refractivity contribution >= 4 is 78.9 Å². The Morgan fingerprint density at radius 3 is 1.92 bits per heavy atom. The van der Waals surface area contributed by atoms with Crippen LogP contribution in [0.1, 0.15) is 25.0 Å². The molecule has 10 aromatic rings. The summed E-state index contributed by atoms with van der Waals surface area (Å²) in [5.74, 6) is 0. The van der Waals surface area contributed by atoms with Gasteiger partial charge < -0.3 is 14.1 Å². The van der Waals surface area contributed by atoms with Gasteiger partial charge in [-0.1, -0.05) is 159 Å². The molecule has 276 valence electrons. The van der Waals surface area contributed by atoms with E-state index >= 15 is 0 Å². The first-order valence-electron chi connectivity index (χ1n) is 20.6. The van der Waals surface area contributed by atoms with Gasteiger partial charge in [0.1, 0.15) is 5.58 Å². The van der Waals surface area contributed by atoms with Crippen molar-refractivity contribution in [2.75, 3.05) is 9.71 Å². The lowest BCUT2D eigenvalue weighted by atomic mass is 9.42. The number of furan rings is 1. The maximum Gasteiger partial charge on any atom is 0.333 e. The lowest BCUT2D eigenvalue weighted by Gasteiger charge is -2.50. The van der Waals surface area contributed by atoms with Crippen LogP contribution in [0, 0.1) is 0 Å². The van der Waals surface area contributed by atoms with Crippen LogP contribution >= 0.6 is 0 Å². The summed E-state index contributed by atoms with van der Waals surface area (Å²) in [5.41, 5.74) is 20.0. The third-order valence-corrected chi connectivity index (χ3v) is 13.4. The minimum absolute atomic E-state index is 0.136. The molecule has 0 spiro atoms. The van der Waals surface area contributed by atoms with Gasteiger partial charge in [-0.15, -0.1) is 0 Å². The summed E-state index contributed by atoms with van der Waals surface area (Å²) < 4.78 is 7.10. The van der Waals surface area contributed by atoms with Crippen LogP contribution in [0.5, 0.6) is 0 Å². The number of benzene rings is 9. The van der Waals surface area contributed by atoms with E-state index in [1.807, 2.05) is 0 Å². The van der Waals surface area contributed by atoms with Gasteiger partial charge in [0.15, 0.2) is 5.58 Å². The second-order valence-electron chi connectivity index (χ2n) is 16.9. The Hall–Kier alpha value is -7.30. The van der Waals surface area contributed by atoms with Gasteiger partial charge in [0.25, 0.3) is 0 Å². The van der Waals surface area contributed by atoms with Crippen LogP contribution in [0.4, 0.5) is 28.4 Å². The zero-order chi connectivity index (χ0) is 39.0. The number of hydrogen-bond donors (Lipinski definition) is 0. The number of fused-ring (bicyclic) bond motifs is 11. The fraction of sp³-hybridized carbons (Fsp3) is 0.0545.